The summed E-state index contributed by atoms with van der Waals surface area (Å²) in [5, 5.41) is 20.7. The third-order valence-corrected chi connectivity index (χ3v) is 5.61. The van der Waals surface area contributed by atoms with Crippen LogP contribution in [0.25, 0.3) is 0 Å². The number of nitrogens with zero attached hydrogens (tertiary/aromatic N) is 6. The van der Waals surface area contributed by atoms with Gasteiger partial charge in [-0.3, -0.25) is 4.98 Å². The van der Waals surface area contributed by atoms with Gasteiger partial charge in [0.1, 0.15) is 35.3 Å². The van der Waals surface area contributed by atoms with Crippen molar-refractivity contribution in [2.24, 2.45) is 0 Å². The second-order valence-electron chi connectivity index (χ2n) is 7.92. The fraction of sp³-hybridized carbons (Fsp3) is 0.227. The first kappa shape index (κ1) is 27.2. The number of hydrogen-bond acceptors (Lipinski definition) is 7. The maximum absolute atomic E-state index is 15.7. The molecule has 38 heavy (non-hydrogen) atoms. The molecule has 0 bridgehead atoms. The second-order valence-corrected chi connectivity index (χ2v) is 8.32. The molecular formula is C22H14ClF7N6O2. The Balaban J connectivity index is 1.59. The summed E-state index contributed by atoms with van der Waals surface area (Å²) in [6, 6.07) is 4.29. The largest absolute Gasteiger partial charge is 0.472 e. The average Bonchev–Trinajstić information content (AvgIpc) is 3.35. The molecule has 0 spiro atoms. The lowest BCUT2D eigenvalue weighted by Crippen LogP contribution is -2.48. The van der Waals surface area contributed by atoms with Gasteiger partial charge in [-0.2, -0.15) is 22.0 Å². The molecule has 8 nitrogen and oxygen atoms in total. The zero-order chi connectivity index (χ0) is 27.7. The molecule has 1 unspecified atom stereocenters. The van der Waals surface area contributed by atoms with Crippen LogP contribution in [0.5, 0.6) is 5.88 Å². The quantitative estimate of drug-likeness (QED) is 0.312. The van der Waals surface area contributed by atoms with Crippen molar-refractivity contribution in [3.63, 3.8) is 0 Å². The van der Waals surface area contributed by atoms with Crippen LogP contribution in [0.2, 0.25) is 5.02 Å². The summed E-state index contributed by atoms with van der Waals surface area (Å²) in [6.07, 6.45) is -2.29. The highest BCUT2D eigenvalue weighted by atomic mass is 35.5. The summed E-state index contributed by atoms with van der Waals surface area (Å²) in [4.78, 5) is 7.15. The first-order valence-corrected chi connectivity index (χ1v) is 10.8. The SMILES string of the molecule is OC(Cn1cnnn1)(c1ccc(F)cc1F)C(F)(F)c1ccc(COc2ncc(C(F)(F)F)cc2Cl)cn1. The summed E-state index contributed by atoms with van der Waals surface area (Å²) in [7, 11) is 0. The van der Waals surface area contributed by atoms with E-state index in [2.05, 4.69) is 25.5 Å². The smallest absolute Gasteiger partial charge is 0.417 e. The average molecular weight is 563 g/mol. The fourth-order valence-corrected chi connectivity index (χ4v) is 3.63. The van der Waals surface area contributed by atoms with Crippen molar-refractivity contribution < 1.29 is 40.6 Å². The predicted octanol–water partition coefficient (Wildman–Crippen LogP) is 4.67. The molecule has 16 heteroatoms. The molecule has 0 amide bonds. The van der Waals surface area contributed by atoms with Gasteiger partial charge in [0.2, 0.25) is 5.88 Å². The molecule has 1 N–H and O–H groups in total. The van der Waals surface area contributed by atoms with Gasteiger partial charge >= 0.3 is 12.1 Å². The number of aromatic nitrogens is 6. The standard InChI is InChI=1S/C22H14ClF7N6O2/c23-16-5-13(22(28,29)30)8-32-19(16)38-9-12-1-4-18(31-7-12)21(26,27)20(37,10-36-11-33-34-35-36)15-3-2-14(24)6-17(15)25/h1-8,11,37H,9-10H2. The molecule has 1 aromatic carbocycles. The summed E-state index contributed by atoms with van der Waals surface area (Å²) in [5.41, 5.74) is -6.15. The number of halogens is 8. The monoisotopic (exact) mass is 562 g/mol. The third kappa shape index (κ3) is 5.38. The van der Waals surface area contributed by atoms with E-state index in [9.17, 15) is 27.1 Å². The van der Waals surface area contributed by atoms with Crippen molar-refractivity contribution in [3.05, 3.63) is 94.2 Å². The van der Waals surface area contributed by atoms with Crippen LogP contribution in [-0.2, 0) is 30.9 Å². The van der Waals surface area contributed by atoms with Crippen LogP contribution in [0, 0.1) is 11.6 Å². The number of benzene rings is 1. The minimum atomic E-state index is -4.66. The van der Waals surface area contributed by atoms with Crippen LogP contribution in [0.15, 0.2) is 55.1 Å². The van der Waals surface area contributed by atoms with E-state index < -0.39 is 57.7 Å². The lowest BCUT2D eigenvalue weighted by molar-refractivity contribution is -0.207. The number of hydrogen-bond donors (Lipinski definition) is 1. The maximum atomic E-state index is 15.7. The highest BCUT2D eigenvalue weighted by Crippen LogP contribution is 2.46. The molecule has 0 aliphatic rings. The van der Waals surface area contributed by atoms with Gasteiger partial charge in [-0.05, 0) is 34.7 Å². The van der Waals surface area contributed by atoms with Crippen molar-refractivity contribution in [1.82, 2.24) is 30.2 Å². The first-order chi connectivity index (χ1) is 17.8. The Morgan fingerprint density at radius 3 is 2.32 bits per heavy atom. The van der Waals surface area contributed by atoms with Crippen LogP contribution in [0.4, 0.5) is 30.7 Å². The number of ether oxygens (including phenoxy) is 1. The van der Waals surface area contributed by atoms with Crippen LogP contribution in [0.1, 0.15) is 22.4 Å². The van der Waals surface area contributed by atoms with E-state index >= 15 is 8.78 Å². The van der Waals surface area contributed by atoms with Gasteiger partial charge in [0, 0.05) is 29.6 Å². The zero-order valence-corrected chi connectivity index (χ0v) is 19.4. The molecule has 3 heterocycles. The summed E-state index contributed by atoms with van der Waals surface area (Å²) >= 11 is 5.78. The number of pyridine rings is 2. The lowest BCUT2D eigenvalue weighted by Gasteiger charge is -2.35. The van der Waals surface area contributed by atoms with E-state index in [4.69, 9.17) is 16.3 Å². The van der Waals surface area contributed by atoms with Gasteiger partial charge in [-0.1, -0.05) is 17.7 Å². The van der Waals surface area contributed by atoms with Gasteiger partial charge in [0.15, 0.2) is 5.60 Å². The van der Waals surface area contributed by atoms with E-state index in [1.807, 2.05) is 0 Å². The van der Waals surface area contributed by atoms with Gasteiger partial charge in [-0.15, -0.1) is 5.10 Å². The van der Waals surface area contributed by atoms with Gasteiger partial charge in [-0.25, -0.2) is 18.4 Å². The van der Waals surface area contributed by atoms with Crippen LogP contribution in [-0.4, -0.2) is 35.3 Å². The van der Waals surface area contributed by atoms with E-state index in [-0.39, 0.29) is 18.1 Å². The number of aliphatic hydroxyl groups is 1. The second kappa shape index (κ2) is 10.1. The maximum Gasteiger partial charge on any atom is 0.417 e. The van der Waals surface area contributed by atoms with Crippen molar-refractivity contribution in [3.8, 4) is 5.88 Å². The highest BCUT2D eigenvalue weighted by Gasteiger charge is 2.58. The van der Waals surface area contributed by atoms with Crippen molar-refractivity contribution in [1.29, 1.82) is 0 Å². The Morgan fingerprint density at radius 1 is 0.974 bits per heavy atom. The molecule has 0 saturated heterocycles. The zero-order valence-electron chi connectivity index (χ0n) is 18.7. The minimum Gasteiger partial charge on any atom is -0.472 e. The van der Waals surface area contributed by atoms with Crippen LogP contribution >= 0.6 is 11.6 Å². The van der Waals surface area contributed by atoms with E-state index in [0.717, 1.165) is 29.3 Å². The molecule has 3 aromatic heterocycles. The molecule has 0 aliphatic heterocycles. The fourth-order valence-electron chi connectivity index (χ4n) is 3.41. The molecule has 4 aromatic rings. The molecule has 0 fully saturated rings. The van der Waals surface area contributed by atoms with E-state index in [1.54, 1.807) is 0 Å². The Bertz CT molecular complexity index is 1420. The third-order valence-electron chi connectivity index (χ3n) is 5.34. The Hall–Kier alpha value is -3.85. The normalized spacial score (nSPS) is 13.8. The molecule has 1 atom stereocenters. The Morgan fingerprint density at radius 2 is 1.74 bits per heavy atom. The molecule has 200 valence electrons. The van der Waals surface area contributed by atoms with Crippen LogP contribution in [0.3, 0.4) is 0 Å². The molecule has 4 rings (SSSR count). The molecular weight excluding hydrogens is 549 g/mol. The highest BCUT2D eigenvalue weighted by molar-refractivity contribution is 6.31. The summed E-state index contributed by atoms with van der Waals surface area (Å²) in [5.74, 6) is -7.10. The topological polar surface area (TPSA) is 98.8 Å². The van der Waals surface area contributed by atoms with E-state index in [1.165, 1.54) is 0 Å². The van der Waals surface area contributed by atoms with Gasteiger partial charge in [0.25, 0.3) is 0 Å². The number of rotatable bonds is 8. The van der Waals surface area contributed by atoms with Gasteiger partial charge < -0.3 is 9.84 Å². The van der Waals surface area contributed by atoms with Crippen molar-refractivity contribution in [2.45, 2.75) is 30.9 Å². The number of alkyl halides is 5. The first-order valence-electron chi connectivity index (χ1n) is 10.4. The molecule has 0 saturated carbocycles. The summed E-state index contributed by atoms with van der Waals surface area (Å²) in [6.45, 7) is -1.39. The predicted molar refractivity (Wildman–Crippen MR) is 115 cm³/mol. The van der Waals surface area contributed by atoms with Crippen LogP contribution < -0.4 is 4.74 Å². The van der Waals surface area contributed by atoms with Crippen molar-refractivity contribution >= 4 is 11.6 Å². The Kier molecular flexibility index (Phi) is 7.25. The summed E-state index contributed by atoms with van der Waals surface area (Å²) < 4.78 is 104. The van der Waals surface area contributed by atoms with E-state index in [0.29, 0.717) is 30.5 Å². The molecule has 0 radical (unpaired) electrons. The Labute approximate surface area is 213 Å². The molecule has 0 aliphatic carbocycles. The van der Waals surface area contributed by atoms with Gasteiger partial charge in [0.05, 0.1) is 12.1 Å². The number of tetrazole rings is 1. The lowest BCUT2D eigenvalue weighted by atomic mass is 9.84. The minimum absolute atomic E-state index is 0.180. The van der Waals surface area contributed by atoms with Crippen molar-refractivity contribution in [2.75, 3.05) is 0 Å².